The van der Waals surface area contributed by atoms with Crippen molar-refractivity contribution in [1.82, 2.24) is 15.3 Å². The van der Waals surface area contributed by atoms with Crippen molar-refractivity contribution in [3.05, 3.63) is 45.7 Å². The average Bonchev–Trinajstić information content (AvgIpc) is 2.67. The van der Waals surface area contributed by atoms with E-state index in [-0.39, 0.29) is 0 Å². The van der Waals surface area contributed by atoms with Crippen molar-refractivity contribution in [3.8, 4) is 0 Å². The van der Waals surface area contributed by atoms with Gasteiger partial charge in [-0.3, -0.25) is 4.98 Å². The molecule has 0 aliphatic heterocycles. The summed E-state index contributed by atoms with van der Waals surface area (Å²) in [6.07, 6.45) is 3.74. The Labute approximate surface area is 99.6 Å². The van der Waals surface area contributed by atoms with Crippen LogP contribution in [-0.4, -0.2) is 9.97 Å². The first-order valence-corrected chi connectivity index (χ1v) is 6.14. The first kappa shape index (κ1) is 11.2. The quantitative estimate of drug-likeness (QED) is 0.881. The molecular weight excluding hydrogens is 218 g/mol. The molecule has 0 aliphatic carbocycles. The average molecular weight is 233 g/mol. The number of aromatic nitrogens is 2. The van der Waals surface area contributed by atoms with E-state index in [0.717, 1.165) is 18.8 Å². The van der Waals surface area contributed by atoms with E-state index in [0.29, 0.717) is 0 Å². The van der Waals surface area contributed by atoms with Gasteiger partial charge in [-0.15, -0.1) is 11.3 Å². The highest BCUT2D eigenvalue weighted by molar-refractivity contribution is 7.09. The molecule has 16 heavy (non-hydrogen) atoms. The highest BCUT2D eigenvalue weighted by Crippen LogP contribution is 2.12. The molecule has 0 fully saturated rings. The van der Waals surface area contributed by atoms with E-state index in [2.05, 4.69) is 22.2 Å². The highest BCUT2D eigenvalue weighted by Gasteiger charge is 2.01. The van der Waals surface area contributed by atoms with Crippen LogP contribution in [0.4, 0.5) is 0 Å². The highest BCUT2D eigenvalue weighted by atomic mass is 32.1. The Morgan fingerprint density at radius 3 is 2.88 bits per heavy atom. The number of thiazole rings is 1. The lowest BCUT2D eigenvalue weighted by Crippen LogP contribution is -2.13. The Balaban J connectivity index is 1.89. The van der Waals surface area contributed by atoms with Gasteiger partial charge >= 0.3 is 0 Å². The van der Waals surface area contributed by atoms with Crippen LogP contribution in [0.5, 0.6) is 0 Å². The van der Waals surface area contributed by atoms with Crippen LogP contribution in [0.25, 0.3) is 0 Å². The second-order valence-corrected chi connectivity index (χ2v) is 4.71. The molecule has 0 radical (unpaired) electrons. The van der Waals surface area contributed by atoms with Gasteiger partial charge < -0.3 is 5.32 Å². The summed E-state index contributed by atoms with van der Waals surface area (Å²) in [5.41, 5.74) is 5.55. The fourth-order valence-corrected chi connectivity index (χ4v) is 2.24. The van der Waals surface area contributed by atoms with Gasteiger partial charge in [0.25, 0.3) is 0 Å². The summed E-state index contributed by atoms with van der Waals surface area (Å²) in [4.78, 5) is 9.66. The maximum Gasteiger partial charge on any atom is 0.0798 e. The van der Waals surface area contributed by atoms with E-state index in [1.165, 1.54) is 16.0 Å². The second kappa shape index (κ2) is 5.18. The molecule has 0 unspecified atom stereocenters. The van der Waals surface area contributed by atoms with Gasteiger partial charge in [-0.2, -0.15) is 0 Å². The molecule has 2 aromatic rings. The van der Waals surface area contributed by atoms with Crippen LogP contribution >= 0.6 is 11.3 Å². The molecule has 0 amide bonds. The predicted octanol–water partition coefficient (Wildman–Crippen LogP) is 2.44. The van der Waals surface area contributed by atoms with Crippen molar-refractivity contribution in [2.24, 2.45) is 0 Å². The number of nitrogens with one attached hydrogen (secondary N) is 1. The summed E-state index contributed by atoms with van der Waals surface area (Å²) in [5.74, 6) is 0. The SMILES string of the molecule is Cc1ccncc1CNCc1scnc1C. The molecule has 2 heterocycles. The number of hydrogen-bond donors (Lipinski definition) is 1. The first-order valence-electron chi connectivity index (χ1n) is 5.26. The minimum Gasteiger partial charge on any atom is -0.308 e. The minimum atomic E-state index is 0.858. The van der Waals surface area contributed by atoms with Crippen molar-refractivity contribution >= 4 is 11.3 Å². The van der Waals surface area contributed by atoms with Gasteiger partial charge in [0.1, 0.15) is 0 Å². The number of hydrogen-bond acceptors (Lipinski definition) is 4. The molecule has 0 atom stereocenters. The zero-order valence-electron chi connectivity index (χ0n) is 9.53. The first-order chi connectivity index (χ1) is 7.77. The predicted molar refractivity (Wildman–Crippen MR) is 66.4 cm³/mol. The normalized spacial score (nSPS) is 10.6. The molecule has 0 saturated carbocycles. The Bertz CT molecular complexity index is 465. The molecule has 84 valence electrons. The monoisotopic (exact) mass is 233 g/mol. The van der Waals surface area contributed by atoms with E-state index in [1.807, 2.05) is 30.9 Å². The Morgan fingerprint density at radius 1 is 1.31 bits per heavy atom. The minimum absolute atomic E-state index is 0.858. The van der Waals surface area contributed by atoms with Crippen molar-refractivity contribution in [2.75, 3.05) is 0 Å². The summed E-state index contributed by atoms with van der Waals surface area (Å²) < 4.78 is 0. The van der Waals surface area contributed by atoms with E-state index in [4.69, 9.17) is 0 Å². The molecule has 4 heteroatoms. The number of rotatable bonds is 4. The summed E-state index contributed by atoms with van der Waals surface area (Å²) in [5, 5.41) is 3.42. The van der Waals surface area contributed by atoms with Crippen LogP contribution in [0, 0.1) is 13.8 Å². The topological polar surface area (TPSA) is 37.8 Å². The third-order valence-corrected chi connectivity index (χ3v) is 3.53. The largest absolute Gasteiger partial charge is 0.308 e. The standard InChI is InChI=1S/C12H15N3S/c1-9-3-4-13-5-11(9)6-14-7-12-10(2)15-8-16-12/h3-5,8,14H,6-7H2,1-2H3. The Hall–Kier alpha value is -1.26. The van der Waals surface area contributed by atoms with Crippen LogP contribution in [0.2, 0.25) is 0 Å². The molecule has 3 nitrogen and oxygen atoms in total. The molecule has 2 aromatic heterocycles. The van der Waals surface area contributed by atoms with Gasteiger partial charge in [-0.1, -0.05) is 0 Å². The summed E-state index contributed by atoms with van der Waals surface area (Å²) in [6.45, 7) is 5.89. The zero-order chi connectivity index (χ0) is 11.4. The number of aryl methyl sites for hydroxylation is 2. The maximum atomic E-state index is 4.23. The number of pyridine rings is 1. The fourth-order valence-electron chi connectivity index (χ4n) is 1.49. The lowest BCUT2D eigenvalue weighted by Gasteiger charge is -2.06. The Kier molecular flexibility index (Phi) is 3.64. The number of nitrogens with zero attached hydrogens (tertiary/aromatic N) is 2. The zero-order valence-corrected chi connectivity index (χ0v) is 10.3. The van der Waals surface area contributed by atoms with Crippen molar-refractivity contribution in [2.45, 2.75) is 26.9 Å². The van der Waals surface area contributed by atoms with Gasteiger partial charge in [0, 0.05) is 30.4 Å². The third kappa shape index (κ3) is 2.65. The fraction of sp³-hybridized carbons (Fsp3) is 0.333. The molecule has 2 rings (SSSR count). The third-order valence-electron chi connectivity index (χ3n) is 2.59. The van der Waals surface area contributed by atoms with E-state index < -0.39 is 0 Å². The molecule has 0 spiro atoms. The Morgan fingerprint density at radius 2 is 2.19 bits per heavy atom. The van der Waals surface area contributed by atoms with Crippen LogP contribution in [0.15, 0.2) is 24.0 Å². The summed E-state index contributed by atoms with van der Waals surface area (Å²) in [6, 6.07) is 2.04. The smallest absolute Gasteiger partial charge is 0.0798 e. The molecule has 0 bridgehead atoms. The van der Waals surface area contributed by atoms with Gasteiger partial charge in [-0.25, -0.2) is 4.98 Å². The van der Waals surface area contributed by atoms with Crippen LogP contribution in [-0.2, 0) is 13.1 Å². The van der Waals surface area contributed by atoms with Crippen molar-refractivity contribution < 1.29 is 0 Å². The van der Waals surface area contributed by atoms with Crippen LogP contribution < -0.4 is 5.32 Å². The van der Waals surface area contributed by atoms with Crippen molar-refractivity contribution in [1.29, 1.82) is 0 Å². The molecule has 1 N–H and O–H groups in total. The summed E-state index contributed by atoms with van der Waals surface area (Å²) in [7, 11) is 0. The van der Waals surface area contributed by atoms with Crippen molar-refractivity contribution in [3.63, 3.8) is 0 Å². The molecular formula is C12H15N3S. The lowest BCUT2D eigenvalue weighted by molar-refractivity contribution is 0.692. The van der Waals surface area contributed by atoms with Crippen LogP contribution in [0.3, 0.4) is 0 Å². The molecule has 0 aromatic carbocycles. The van der Waals surface area contributed by atoms with Gasteiger partial charge in [0.15, 0.2) is 0 Å². The van der Waals surface area contributed by atoms with Gasteiger partial charge in [-0.05, 0) is 31.0 Å². The van der Waals surface area contributed by atoms with Gasteiger partial charge in [0.2, 0.25) is 0 Å². The lowest BCUT2D eigenvalue weighted by atomic mass is 10.1. The van der Waals surface area contributed by atoms with Gasteiger partial charge in [0.05, 0.1) is 11.2 Å². The maximum absolute atomic E-state index is 4.23. The summed E-state index contributed by atoms with van der Waals surface area (Å²) >= 11 is 1.70. The second-order valence-electron chi connectivity index (χ2n) is 3.77. The van der Waals surface area contributed by atoms with E-state index in [9.17, 15) is 0 Å². The van der Waals surface area contributed by atoms with E-state index >= 15 is 0 Å². The molecule has 0 saturated heterocycles. The van der Waals surface area contributed by atoms with E-state index in [1.54, 1.807) is 11.3 Å². The van der Waals surface area contributed by atoms with Crippen LogP contribution in [0.1, 0.15) is 21.7 Å². The molecule has 0 aliphatic rings.